The number of Topliss-reactive ketones (excluding diaryl/α,β-unsaturated/α-hetero) is 1. The van der Waals surface area contributed by atoms with Crippen LogP contribution in [0.3, 0.4) is 0 Å². The lowest BCUT2D eigenvalue weighted by molar-refractivity contribution is -0.122. The van der Waals surface area contributed by atoms with Crippen LogP contribution < -0.4 is 0 Å². The van der Waals surface area contributed by atoms with Crippen molar-refractivity contribution in [3.63, 3.8) is 0 Å². The van der Waals surface area contributed by atoms with Gasteiger partial charge in [0, 0.05) is 10.9 Å². The Morgan fingerprint density at radius 3 is 2.42 bits per heavy atom. The molecule has 1 aliphatic carbocycles. The van der Waals surface area contributed by atoms with E-state index in [2.05, 4.69) is 20.8 Å². The van der Waals surface area contributed by atoms with Crippen molar-refractivity contribution in [1.29, 1.82) is 0 Å². The molecule has 0 amide bonds. The maximum Gasteiger partial charge on any atom is 0.162 e. The molecule has 0 bridgehead atoms. The summed E-state index contributed by atoms with van der Waals surface area (Å²) in [5.74, 6) is 1.31. The molecule has 1 aromatic carbocycles. The molecule has 1 aromatic rings. The monoisotopic (exact) mass is 276 g/mol. The van der Waals surface area contributed by atoms with E-state index in [9.17, 15) is 4.79 Å². The fraction of sp³-hybridized carbons (Fsp3) is 0.471. The summed E-state index contributed by atoms with van der Waals surface area (Å²) in [4.78, 5) is 12.6. The van der Waals surface area contributed by atoms with Gasteiger partial charge in [0.2, 0.25) is 0 Å². The van der Waals surface area contributed by atoms with E-state index in [1.807, 2.05) is 30.3 Å². The second kappa shape index (κ2) is 5.92. The highest BCUT2D eigenvalue weighted by Gasteiger charge is 2.32. The minimum atomic E-state index is 0.190. The van der Waals surface area contributed by atoms with E-state index >= 15 is 0 Å². The highest BCUT2D eigenvalue weighted by atomic mass is 35.5. The van der Waals surface area contributed by atoms with Crippen molar-refractivity contribution in [2.75, 3.05) is 0 Å². The second-order valence-electron chi connectivity index (χ2n) is 5.84. The molecule has 0 heterocycles. The Balaban J connectivity index is 2.29. The van der Waals surface area contributed by atoms with Crippen LogP contribution >= 0.6 is 11.6 Å². The minimum Gasteiger partial charge on any atom is -0.294 e. The molecule has 1 fully saturated rings. The molecule has 2 heteroatoms. The zero-order valence-electron chi connectivity index (χ0n) is 11.8. The van der Waals surface area contributed by atoms with Crippen molar-refractivity contribution in [3.8, 4) is 0 Å². The molecule has 1 nitrogen and oxygen atoms in total. The van der Waals surface area contributed by atoms with Gasteiger partial charge in [0.1, 0.15) is 0 Å². The van der Waals surface area contributed by atoms with Crippen LogP contribution in [0.4, 0.5) is 0 Å². The lowest BCUT2D eigenvalue weighted by Crippen LogP contribution is -2.30. The van der Waals surface area contributed by atoms with Crippen LogP contribution in [-0.2, 0) is 4.79 Å². The molecule has 0 radical (unpaired) electrons. The van der Waals surface area contributed by atoms with Gasteiger partial charge in [-0.1, -0.05) is 44.5 Å². The third-order valence-corrected chi connectivity index (χ3v) is 4.31. The van der Waals surface area contributed by atoms with E-state index in [-0.39, 0.29) is 5.92 Å². The Hall–Kier alpha value is -1.08. The highest BCUT2D eigenvalue weighted by Crippen LogP contribution is 2.35. The zero-order chi connectivity index (χ0) is 14.0. The fourth-order valence-electron chi connectivity index (χ4n) is 2.76. The smallest absolute Gasteiger partial charge is 0.162 e. The predicted octanol–water partition coefficient (Wildman–Crippen LogP) is 4.99. The highest BCUT2D eigenvalue weighted by molar-refractivity contribution is 6.30. The van der Waals surface area contributed by atoms with E-state index in [0.29, 0.717) is 17.6 Å². The number of ketones is 1. The summed E-state index contributed by atoms with van der Waals surface area (Å²) in [6.07, 6.45) is 4.17. The van der Waals surface area contributed by atoms with Crippen molar-refractivity contribution in [1.82, 2.24) is 0 Å². The largest absolute Gasteiger partial charge is 0.294 e. The number of allylic oxidation sites excluding steroid dienone is 1. The molecule has 102 valence electrons. The molecule has 0 unspecified atom stereocenters. The standard InChI is InChI=1S/C17H21ClO/c1-11(2)15-9-4-12(3)16(17(15)19)10-13-5-7-14(18)8-6-13/h5-8,10-12,15H,4,9H2,1-3H3/t12-,15+/m0/s1. The van der Waals surface area contributed by atoms with Crippen LogP contribution in [0.15, 0.2) is 29.8 Å². The van der Waals surface area contributed by atoms with Gasteiger partial charge >= 0.3 is 0 Å². The molecular formula is C17H21ClO. The van der Waals surface area contributed by atoms with E-state index in [1.165, 1.54) is 0 Å². The quantitative estimate of drug-likeness (QED) is 0.695. The third kappa shape index (κ3) is 3.27. The Kier molecular flexibility index (Phi) is 4.46. The second-order valence-corrected chi connectivity index (χ2v) is 6.28. The molecule has 2 rings (SSSR count). The molecule has 2 atom stereocenters. The van der Waals surface area contributed by atoms with Crippen LogP contribution in [0.25, 0.3) is 6.08 Å². The molecular weight excluding hydrogens is 256 g/mol. The van der Waals surface area contributed by atoms with Crippen molar-refractivity contribution in [2.24, 2.45) is 17.8 Å². The summed E-state index contributed by atoms with van der Waals surface area (Å²) in [6, 6.07) is 7.67. The van der Waals surface area contributed by atoms with E-state index in [0.717, 1.165) is 29.0 Å². The lowest BCUT2D eigenvalue weighted by Gasteiger charge is -2.30. The van der Waals surface area contributed by atoms with Crippen LogP contribution in [0.5, 0.6) is 0 Å². The SMILES string of the molecule is CC(C)[C@H]1CC[C@H](C)C(=Cc2ccc(Cl)cc2)C1=O. The van der Waals surface area contributed by atoms with Crippen LogP contribution in [0.2, 0.25) is 5.02 Å². The number of halogens is 1. The summed E-state index contributed by atoms with van der Waals surface area (Å²) in [6.45, 7) is 6.42. The van der Waals surface area contributed by atoms with Gasteiger partial charge in [0.05, 0.1) is 0 Å². The molecule has 0 N–H and O–H groups in total. The Bertz CT molecular complexity index is 484. The van der Waals surface area contributed by atoms with E-state index in [4.69, 9.17) is 11.6 Å². The maximum atomic E-state index is 12.6. The van der Waals surface area contributed by atoms with Gasteiger partial charge in [-0.05, 0) is 54.0 Å². The first-order valence-electron chi connectivity index (χ1n) is 7.00. The summed E-state index contributed by atoms with van der Waals surface area (Å²) in [7, 11) is 0. The third-order valence-electron chi connectivity index (χ3n) is 4.06. The maximum absolute atomic E-state index is 12.6. The van der Waals surface area contributed by atoms with Gasteiger partial charge in [0.25, 0.3) is 0 Å². The molecule has 0 aromatic heterocycles. The minimum absolute atomic E-state index is 0.190. The van der Waals surface area contributed by atoms with Gasteiger partial charge in [-0.25, -0.2) is 0 Å². The van der Waals surface area contributed by atoms with Gasteiger partial charge in [0.15, 0.2) is 5.78 Å². The Morgan fingerprint density at radius 2 is 1.84 bits per heavy atom. The average Bonchev–Trinajstić information content (AvgIpc) is 2.36. The van der Waals surface area contributed by atoms with Gasteiger partial charge < -0.3 is 0 Å². The fourth-order valence-corrected chi connectivity index (χ4v) is 2.89. The molecule has 0 spiro atoms. The Labute approximate surface area is 120 Å². The number of hydrogen-bond acceptors (Lipinski definition) is 1. The topological polar surface area (TPSA) is 17.1 Å². The number of carbonyl (C=O) groups excluding carboxylic acids is 1. The number of benzene rings is 1. The lowest BCUT2D eigenvalue weighted by atomic mass is 9.73. The Morgan fingerprint density at radius 1 is 1.21 bits per heavy atom. The molecule has 0 saturated heterocycles. The van der Waals surface area contributed by atoms with Crippen molar-refractivity contribution < 1.29 is 4.79 Å². The summed E-state index contributed by atoms with van der Waals surface area (Å²) < 4.78 is 0. The number of rotatable bonds is 2. The van der Waals surface area contributed by atoms with Crippen LogP contribution in [-0.4, -0.2) is 5.78 Å². The average molecular weight is 277 g/mol. The van der Waals surface area contributed by atoms with Crippen LogP contribution in [0.1, 0.15) is 39.2 Å². The van der Waals surface area contributed by atoms with Crippen molar-refractivity contribution in [3.05, 3.63) is 40.4 Å². The van der Waals surface area contributed by atoms with Gasteiger partial charge in [-0.15, -0.1) is 0 Å². The summed E-state index contributed by atoms with van der Waals surface area (Å²) >= 11 is 5.89. The first kappa shape index (κ1) is 14.3. The number of carbonyl (C=O) groups is 1. The zero-order valence-corrected chi connectivity index (χ0v) is 12.6. The van der Waals surface area contributed by atoms with E-state index < -0.39 is 0 Å². The predicted molar refractivity (Wildman–Crippen MR) is 81.2 cm³/mol. The summed E-state index contributed by atoms with van der Waals surface area (Å²) in [5, 5.41) is 0.727. The molecule has 1 aliphatic rings. The van der Waals surface area contributed by atoms with Crippen molar-refractivity contribution >= 4 is 23.5 Å². The first-order chi connectivity index (χ1) is 8.99. The van der Waals surface area contributed by atoms with Crippen LogP contribution in [0, 0.1) is 17.8 Å². The van der Waals surface area contributed by atoms with Gasteiger partial charge in [-0.3, -0.25) is 4.79 Å². The molecule has 0 aliphatic heterocycles. The summed E-state index contributed by atoms with van der Waals surface area (Å²) in [5.41, 5.74) is 2.04. The molecule has 19 heavy (non-hydrogen) atoms. The first-order valence-corrected chi connectivity index (χ1v) is 7.38. The van der Waals surface area contributed by atoms with Gasteiger partial charge in [-0.2, -0.15) is 0 Å². The van der Waals surface area contributed by atoms with E-state index in [1.54, 1.807) is 0 Å². The number of hydrogen-bond donors (Lipinski definition) is 0. The normalized spacial score (nSPS) is 26.2. The van der Waals surface area contributed by atoms with Crippen molar-refractivity contribution in [2.45, 2.75) is 33.6 Å². The molecule has 1 saturated carbocycles.